The molecular formula is C14H28O3. The summed E-state index contributed by atoms with van der Waals surface area (Å²) in [6.45, 7) is 10.1. The fourth-order valence-corrected chi connectivity index (χ4v) is 1.84. The van der Waals surface area contributed by atoms with Gasteiger partial charge in [-0.3, -0.25) is 0 Å². The molecule has 102 valence electrons. The molecule has 0 aliphatic carbocycles. The first-order valence-corrected chi connectivity index (χ1v) is 6.94. The first kappa shape index (κ1) is 14.9. The largest absolute Gasteiger partial charge is 0.378 e. The van der Waals surface area contributed by atoms with Crippen molar-refractivity contribution >= 4 is 0 Å². The highest BCUT2D eigenvalue weighted by Gasteiger charge is 2.25. The first-order valence-electron chi connectivity index (χ1n) is 6.94. The molecule has 0 spiro atoms. The van der Waals surface area contributed by atoms with Crippen LogP contribution < -0.4 is 0 Å². The van der Waals surface area contributed by atoms with Gasteiger partial charge in [-0.05, 0) is 52.9 Å². The summed E-state index contributed by atoms with van der Waals surface area (Å²) in [6.07, 6.45) is 5.71. The van der Waals surface area contributed by atoms with Crippen LogP contribution in [0.2, 0.25) is 0 Å². The zero-order valence-corrected chi connectivity index (χ0v) is 11.8. The average molecular weight is 244 g/mol. The summed E-state index contributed by atoms with van der Waals surface area (Å²) in [7, 11) is 0. The van der Waals surface area contributed by atoms with E-state index < -0.39 is 0 Å². The Labute approximate surface area is 106 Å². The molecule has 1 heterocycles. The summed E-state index contributed by atoms with van der Waals surface area (Å²) < 4.78 is 17.3. The van der Waals surface area contributed by atoms with E-state index in [1.807, 2.05) is 0 Å². The van der Waals surface area contributed by atoms with E-state index in [2.05, 4.69) is 27.7 Å². The molecule has 3 nitrogen and oxygen atoms in total. The van der Waals surface area contributed by atoms with Gasteiger partial charge < -0.3 is 14.2 Å². The van der Waals surface area contributed by atoms with Gasteiger partial charge in [0.25, 0.3) is 0 Å². The Bertz CT molecular complexity index is 198. The van der Waals surface area contributed by atoms with Gasteiger partial charge in [-0.25, -0.2) is 0 Å². The second kappa shape index (κ2) is 7.34. The number of hydrogen-bond acceptors (Lipinski definition) is 3. The molecule has 0 aromatic rings. The second-order valence-electron chi connectivity index (χ2n) is 5.51. The van der Waals surface area contributed by atoms with Crippen LogP contribution in [-0.2, 0) is 14.2 Å². The molecule has 0 bridgehead atoms. The van der Waals surface area contributed by atoms with E-state index in [1.165, 1.54) is 6.42 Å². The summed E-state index contributed by atoms with van der Waals surface area (Å²) in [5, 5.41) is 0. The van der Waals surface area contributed by atoms with E-state index in [1.54, 1.807) is 0 Å². The van der Waals surface area contributed by atoms with Gasteiger partial charge in [0, 0.05) is 13.2 Å². The van der Waals surface area contributed by atoms with Crippen LogP contribution >= 0.6 is 0 Å². The summed E-state index contributed by atoms with van der Waals surface area (Å²) in [4.78, 5) is 0. The van der Waals surface area contributed by atoms with Gasteiger partial charge in [0.15, 0.2) is 6.29 Å². The van der Waals surface area contributed by atoms with Crippen molar-refractivity contribution in [2.24, 2.45) is 0 Å². The Kier molecular flexibility index (Phi) is 6.45. The fraction of sp³-hybridized carbons (Fsp3) is 1.00. The van der Waals surface area contributed by atoms with Crippen LogP contribution in [0.5, 0.6) is 0 Å². The average Bonchev–Trinajstić information content (AvgIpc) is 2.29. The topological polar surface area (TPSA) is 27.7 Å². The van der Waals surface area contributed by atoms with Gasteiger partial charge >= 0.3 is 0 Å². The maximum Gasteiger partial charge on any atom is 0.158 e. The Morgan fingerprint density at radius 1 is 1.35 bits per heavy atom. The summed E-state index contributed by atoms with van der Waals surface area (Å²) in [5.41, 5.74) is -0.157. The SMILES string of the molecule is CCC(C)OCCC(C)(C)OC1CCCCO1. The molecule has 0 amide bonds. The van der Waals surface area contributed by atoms with Gasteiger partial charge in [0.1, 0.15) is 0 Å². The van der Waals surface area contributed by atoms with Crippen molar-refractivity contribution in [1.82, 2.24) is 0 Å². The van der Waals surface area contributed by atoms with Gasteiger partial charge in [0.05, 0.1) is 11.7 Å². The molecule has 1 rings (SSSR count). The van der Waals surface area contributed by atoms with Crippen molar-refractivity contribution in [3.63, 3.8) is 0 Å². The van der Waals surface area contributed by atoms with Crippen LogP contribution in [0.15, 0.2) is 0 Å². The van der Waals surface area contributed by atoms with Crippen LogP contribution in [0.1, 0.15) is 59.8 Å². The lowest BCUT2D eigenvalue weighted by molar-refractivity contribution is -0.219. The zero-order valence-electron chi connectivity index (χ0n) is 11.8. The van der Waals surface area contributed by atoms with Crippen LogP contribution in [0.25, 0.3) is 0 Å². The minimum absolute atomic E-state index is 0.0117. The number of rotatable bonds is 7. The third-order valence-electron chi connectivity index (χ3n) is 3.27. The van der Waals surface area contributed by atoms with Gasteiger partial charge in [-0.15, -0.1) is 0 Å². The van der Waals surface area contributed by atoms with E-state index in [0.717, 1.165) is 38.9 Å². The molecule has 1 fully saturated rings. The van der Waals surface area contributed by atoms with Crippen LogP contribution in [0.3, 0.4) is 0 Å². The molecule has 17 heavy (non-hydrogen) atoms. The summed E-state index contributed by atoms with van der Waals surface area (Å²) >= 11 is 0. The molecule has 0 aromatic carbocycles. The lowest BCUT2D eigenvalue weighted by Gasteiger charge is -2.33. The highest BCUT2D eigenvalue weighted by atomic mass is 16.7. The van der Waals surface area contributed by atoms with Gasteiger partial charge in [-0.1, -0.05) is 6.92 Å². The highest BCUT2D eigenvalue weighted by Crippen LogP contribution is 2.23. The Morgan fingerprint density at radius 3 is 2.71 bits per heavy atom. The Hall–Kier alpha value is -0.120. The lowest BCUT2D eigenvalue weighted by atomic mass is 10.1. The van der Waals surface area contributed by atoms with E-state index >= 15 is 0 Å². The van der Waals surface area contributed by atoms with Crippen LogP contribution in [0, 0.1) is 0 Å². The van der Waals surface area contributed by atoms with E-state index in [0.29, 0.717) is 6.10 Å². The van der Waals surface area contributed by atoms with Gasteiger partial charge in [0.2, 0.25) is 0 Å². The van der Waals surface area contributed by atoms with Crippen LogP contribution in [-0.4, -0.2) is 31.2 Å². The Balaban J connectivity index is 2.19. The van der Waals surface area contributed by atoms with E-state index in [4.69, 9.17) is 14.2 Å². The lowest BCUT2D eigenvalue weighted by Crippen LogP contribution is -2.35. The smallest absolute Gasteiger partial charge is 0.158 e. The molecule has 2 unspecified atom stereocenters. The molecule has 2 atom stereocenters. The monoisotopic (exact) mass is 244 g/mol. The quantitative estimate of drug-likeness (QED) is 0.686. The third kappa shape index (κ3) is 6.39. The zero-order chi connectivity index (χ0) is 12.7. The predicted molar refractivity (Wildman–Crippen MR) is 69.1 cm³/mol. The molecule has 1 saturated heterocycles. The van der Waals surface area contributed by atoms with Crippen molar-refractivity contribution in [3.05, 3.63) is 0 Å². The standard InChI is InChI=1S/C14H28O3/c1-5-12(2)15-11-9-14(3,4)17-13-8-6-7-10-16-13/h12-13H,5-11H2,1-4H3. The van der Waals surface area contributed by atoms with Crippen molar-refractivity contribution in [2.75, 3.05) is 13.2 Å². The minimum Gasteiger partial charge on any atom is -0.378 e. The maximum absolute atomic E-state index is 5.99. The molecular weight excluding hydrogens is 216 g/mol. The summed E-state index contributed by atoms with van der Waals surface area (Å²) in [6, 6.07) is 0. The third-order valence-corrected chi connectivity index (χ3v) is 3.27. The molecule has 0 radical (unpaired) electrons. The fourth-order valence-electron chi connectivity index (χ4n) is 1.84. The maximum atomic E-state index is 5.99. The van der Waals surface area contributed by atoms with Crippen molar-refractivity contribution in [3.8, 4) is 0 Å². The van der Waals surface area contributed by atoms with Crippen molar-refractivity contribution in [2.45, 2.75) is 77.8 Å². The Morgan fingerprint density at radius 2 is 2.12 bits per heavy atom. The van der Waals surface area contributed by atoms with Crippen molar-refractivity contribution < 1.29 is 14.2 Å². The number of ether oxygens (including phenoxy) is 3. The molecule has 3 heteroatoms. The number of hydrogen-bond donors (Lipinski definition) is 0. The molecule has 0 aromatic heterocycles. The first-order chi connectivity index (χ1) is 8.03. The second-order valence-corrected chi connectivity index (χ2v) is 5.51. The highest BCUT2D eigenvalue weighted by molar-refractivity contribution is 4.70. The molecule has 1 aliphatic heterocycles. The van der Waals surface area contributed by atoms with Crippen LogP contribution in [0.4, 0.5) is 0 Å². The minimum atomic E-state index is -0.157. The molecule has 0 saturated carbocycles. The molecule has 0 N–H and O–H groups in total. The summed E-state index contributed by atoms with van der Waals surface area (Å²) in [5.74, 6) is 0. The molecule has 1 aliphatic rings. The van der Waals surface area contributed by atoms with Crippen molar-refractivity contribution in [1.29, 1.82) is 0 Å². The van der Waals surface area contributed by atoms with Gasteiger partial charge in [-0.2, -0.15) is 0 Å². The predicted octanol–water partition coefficient (Wildman–Crippen LogP) is 3.51. The van der Waals surface area contributed by atoms with E-state index in [-0.39, 0.29) is 11.9 Å². The normalized spacial score (nSPS) is 23.6. The van der Waals surface area contributed by atoms with E-state index in [9.17, 15) is 0 Å².